The van der Waals surface area contributed by atoms with Gasteiger partial charge >= 0.3 is 12.1 Å². The minimum atomic E-state index is -1.01. The van der Waals surface area contributed by atoms with E-state index in [-0.39, 0.29) is 22.5 Å². The first-order valence-corrected chi connectivity index (χ1v) is 13.8. The number of ether oxygens (including phenoxy) is 4. The van der Waals surface area contributed by atoms with Gasteiger partial charge in [-0.25, -0.2) is 14.6 Å². The summed E-state index contributed by atoms with van der Waals surface area (Å²) < 4.78 is 20.0. The van der Waals surface area contributed by atoms with E-state index in [9.17, 15) is 19.2 Å². The van der Waals surface area contributed by atoms with Crippen LogP contribution in [0.4, 0.5) is 4.79 Å². The molecule has 224 valence electrons. The van der Waals surface area contributed by atoms with Gasteiger partial charge in [-0.3, -0.25) is 9.59 Å². The Bertz CT molecular complexity index is 1190. The van der Waals surface area contributed by atoms with E-state index in [1.54, 1.807) is 26.0 Å². The molecule has 1 saturated carbocycles. The average Bonchev–Trinajstić information content (AvgIpc) is 3.80. The van der Waals surface area contributed by atoms with Gasteiger partial charge in [0.25, 0.3) is 5.91 Å². The topological polar surface area (TPSA) is 130 Å². The minimum absolute atomic E-state index is 0.00573. The van der Waals surface area contributed by atoms with Crippen LogP contribution in [0.5, 0.6) is 5.75 Å². The molecule has 0 spiro atoms. The number of esters is 1. The molecule has 0 unspecified atom stereocenters. The van der Waals surface area contributed by atoms with Gasteiger partial charge in [-0.15, -0.1) is 0 Å². The molecule has 0 radical (unpaired) electrons. The number of methoxy groups -OCH3 is 1. The fourth-order valence-corrected chi connectivity index (χ4v) is 3.32. The maximum atomic E-state index is 13.0. The third-order valence-electron chi connectivity index (χ3n) is 5.31. The van der Waals surface area contributed by atoms with Crippen molar-refractivity contribution in [1.29, 1.82) is 0 Å². The highest BCUT2D eigenvalue weighted by Crippen LogP contribution is 2.33. The molecule has 1 aliphatic rings. The van der Waals surface area contributed by atoms with Crippen molar-refractivity contribution in [2.75, 3.05) is 20.4 Å². The van der Waals surface area contributed by atoms with Crippen molar-refractivity contribution >= 4 is 30.4 Å². The van der Waals surface area contributed by atoms with E-state index in [2.05, 4.69) is 30.7 Å². The van der Waals surface area contributed by atoms with Gasteiger partial charge in [-0.05, 0) is 62.4 Å². The molecular weight excluding hydrogens is 528 g/mol. The van der Waals surface area contributed by atoms with Gasteiger partial charge in [0, 0.05) is 23.2 Å². The minimum Gasteiger partial charge on any atom is -0.496 e. The maximum absolute atomic E-state index is 13.0. The Kier molecular flexibility index (Phi) is 15.5. The molecule has 1 amide bonds. The van der Waals surface area contributed by atoms with Gasteiger partial charge in [0.05, 0.1) is 13.2 Å². The Balaban J connectivity index is 0.00000157. The van der Waals surface area contributed by atoms with E-state index in [1.165, 1.54) is 31.7 Å². The normalized spacial score (nSPS) is 11.5. The van der Waals surface area contributed by atoms with E-state index in [1.807, 2.05) is 13.8 Å². The van der Waals surface area contributed by atoms with Crippen LogP contribution in [0.1, 0.15) is 97.7 Å². The van der Waals surface area contributed by atoms with Gasteiger partial charge in [0.2, 0.25) is 6.79 Å². The fraction of sp³-hybridized carbons (Fsp3) is 0.452. The number of pyridine rings is 1. The number of aldehydes is 1. The fourth-order valence-electron chi connectivity index (χ4n) is 3.32. The first kappa shape index (κ1) is 34.8. The molecule has 0 aliphatic heterocycles. The Hall–Kier alpha value is -4.21. The molecule has 1 aromatic heterocycles. The highest BCUT2D eigenvalue weighted by Gasteiger charge is 2.25. The van der Waals surface area contributed by atoms with Crippen LogP contribution in [-0.4, -0.2) is 55.9 Å². The Morgan fingerprint density at radius 3 is 2.27 bits per heavy atom. The number of amides is 1. The number of aromatic nitrogens is 1. The molecule has 1 aromatic carbocycles. The predicted molar refractivity (Wildman–Crippen MR) is 157 cm³/mol. The number of nitrogens with one attached hydrogen (secondary N) is 1. The third kappa shape index (κ3) is 11.1. The number of rotatable bonds is 11. The second-order valence-corrected chi connectivity index (χ2v) is 9.07. The summed E-state index contributed by atoms with van der Waals surface area (Å²) in [7, 11) is 1.46. The molecule has 0 saturated heterocycles. The zero-order valence-electron chi connectivity index (χ0n) is 25.1. The van der Waals surface area contributed by atoms with E-state index >= 15 is 0 Å². The summed E-state index contributed by atoms with van der Waals surface area (Å²) in [5.74, 6) is -0.556. The van der Waals surface area contributed by atoms with Crippen LogP contribution in [0.15, 0.2) is 30.8 Å². The number of hydrogen-bond acceptors (Lipinski definition) is 9. The lowest BCUT2D eigenvalue weighted by molar-refractivity contribution is -0.0347. The number of carbonyl (C=O) groups excluding carboxylic acids is 4. The molecule has 0 bridgehead atoms. The standard InChI is InChI=1S/C26H28N2O8.C3H8.C2H6/c1-5-17-10-18(13-29)20(11-22(17)33-4)19-8-9-21(24(30)27-12-16-6-7-16)28-23(19)25(31)34-14-35-26(32)36-15(2)3;1-3-2;1-2/h5,8-11,13,15-16H,1,6-7,12,14H2,2-4H3,(H,27,30);3H2,1-2H3;1-2H3. The Morgan fingerprint density at radius 2 is 1.73 bits per heavy atom. The highest BCUT2D eigenvalue weighted by molar-refractivity contribution is 6.01. The van der Waals surface area contributed by atoms with Crippen LogP contribution >= 0.6 is 0 Å². The third-order valence-corrected chi connectivity index (χ3v) is 5.31. The number of hydrogen-bond donors (Lipinski definition) is 1. The van der Waals surface area contributed by atoms with Gasteiger partial charge in [-0.1, -0.05) is 46.8 Å². The second kappa shape index (κ2) is 18.2. The number of benzene rings is 1. The summed E-state index contributed by atoms with van der Waals surface area (Å²) in [6.45, 7) is 15.0. The summed E-state index contributed by atoms with van der Waals surface area (Å²) in [4.78, 5) is 53.3. The smallest absolute Gasteiger partial charge is 0.496 e. The van der Waals surface area contributed by atoms with Crippen LogP contribution in [0.25, 0.3) is 17.2 Å². The number of carbonyl (C=O) groups is 4. The molecule has 10 nitrogen and oxygen atoms in total. The molecular formula is C31H42N2O8. The van der Waals surface area contributed by atoms with E-state index < -0.39 is 30.9 Å². The van der Waals surface area contributed by atoms with Crippen molar-refractivity contribution < 1.29 is 38.1 Å². The summed E-state index contributed by atoms with van der Waals surface area (Å²) in [6, 6.07) is 6.08. The van der Waals surface area contributed by atoms with E-state index in [0.29, 0.717) is 35.6 Å². The lowest BCUT2D eigenvalue weighted by Gasteiger charge is -2.15. The largest absolute Gasteiger partial charge is 0.511 e. The van der Waals surface area contributed by atoms with Crippen molar-refractivity contribution in [2.24, 2.45) is 5.92 Å². The van der Waals surface area contributed by atoms with Crippen molar-refractivity contribution in [2.45, 2.75) is 66.9 Å². The lowest BCUT2D eigenvalue weighted by atomic mass is 9.95. The SMILES string of the molecule is C=Cc1cc(C=O)c(-c2ccc(C(=O)NCC3CC3)nc2C(=O)OCOC(=O)OC(C)C)cc1OC.CC.CCC. The van der Waals surface area contributed by atoms with Crippen molar-refractivity contribution in [3.8, 4) is 16.9 Å². The molecule has 3 rings (SSSR count). The maximum Gasteiger partial charge on any atom is 0.511 e. The van der Waals surface area contributed by atoms with Crippen LogP contribution in [0.2, 0.25) is 0 Å². The summed E-state index contributed by atoms with van der Waals surface area (Å²) >= 11 is 0. The average molecular weight is 571 g/mol. The number of nitrogens with zero attached hydrogens (tertiary/aromatic N) is 1. The molecule has 1 aliphatic carbocycles. The zero-order valence-corrected chi connectivity index (χ0v) is 25.1. The summed E-state index contributed by atoms with van der Waals surface area (Å²) in [5.41, 5.74) is 1.12. The Morgan fingerprint density at radius 1 is 1.07 bits per heavy atom. The molecule has 10 heteroatoms. The second-order valence-electron chi connectivity index (χ2n) is 9.07. The lowest BCUT2D eigenvalue weighted by Crippen LogP contribution is -2.27. The summed E-state index contributed by atoms with van der Waals surface area (Å²) in [5, 5.41) is 2.79. The first-order valence-electron chi connectivity index (χ1n) is 13.8. The zero-order chi connectivity index (χ0) is 30.9. The monoisotopic (exact) mass is 570 g/mol. The van der Waals surface area contributed by atoms with Crippen molar-refractivity contribution in [3.05, 3.63) is 53.4 Å². The van der Waals surface area contributed by atoms with E-state index in [4.69, 9.17) is 18.9 Å². The van der Waals surface area contributed by atoms with Gasteiger partial charge in [0.15, 0.2) is 12.0 Å². The van der Waals surface area contributed by atoms with Gasteiger partial charge in [0.1, 0.15) is 11.4 Å². The van der Waals surface area contributed by atoms with Gasteiger partial charge in [-0.2, -0.15) is 0 Å². The molecule has 1 N–H and O–H groups in total. The van der Waals surface area contributed by atoms with Crippen LogP contribution in [0.3, 0.4) is 0 Å². The summed E-state index contributed by atoms with van der Waals surface area (Å²) in [6.07, 6.45) is 4.10. The molecule has 1 fully saturated rings. The molecule has 41 heavy (non-hydrogen) atoms. The van der Waals surface area contributed by atoms with E-state index in [0.717, 1.165) is 12.8 Å². The Labute approximate surface area is 242 Å². The van der Waals surface area contributed by atoms with Gasteiger partial charge < -0.3 is 24.3 Å². The first-order chi connectivity index (χ1) is 19.7. The highest BCUT2D eigenvalue weighted by atomic mass is 16.8. The van der Waals surface area contributed by atoms with Crippen molar-refractivity contribution in [1.82, 2.24) is 10.3 Å². The quantitative estimate of drug-likeness (QED) is 0.183. The van der Waals surface area contributed by atoms with Crippen LogP contribution in [0, 0.1) is 5.92 Å². The van der Waals surface area contributed by atoms with Crippen molar-refractivity contribution in [3.63, 3.8) is 0 Å². The van der Waals surface area contributed by atoms with Crippen LogP contribution < -0.4 is 10.1 Å². The molecule has 0 atom stereocenters. The molecule has 1 heterocycles. The van der Waals surface area contributed by atoms with Crippen LogP contribution in [-0.2, 0) is 14.2 Å². The molecule has 2 aromatic rings. The predicted octanol–water partition coefficient (Wildman–Crippen LogP) is 6.47.